The minimum Gasteiger partial charge on any atom is -0.281 e. The van der Waals surface area contributed by atoms with Crippen LogP contribution in [0.3, 0.4) is 0 Å². The minimum absolute atomic E-state index is 0.0731. The van der Waals surface area contributed by atoms with Crippen LogP contribution in [0.2, 0.25) is 0 Å². The standard InChI is InChI=1S/C20H17N3O4/c24-18-13-16-17(23(26)27)8-7-14-5-1-3-10-20(14,16)19(25)22(18)12-9-15-6-2-4-11-21-15/h1-8,10-11,16H,9,12-13H2. The highest BCUT2D eigenvalue weighted by Gasteiger charge is 2.59. The highest BCUT2D eigenvalue weighted by atomic mass is 16.6. The largest absolute Gasteiger partial charge is 0.281 e. The first-order valence-corrected chi connectivity index (χ1v) is 8.71. The van der Waals surface area contributed by atoms with Crippen molar-refractivity contribution in [3.63, 3.8) is 0 Å². The Bertz CT molecular complexity index is 945. The molecule has 0 N–H and O–H groups in total. The van der Waals surface area contributed by atoms with Gasteiger partial charge in [0.2, 0.25) is 11.8 Å². The van der Waals surface area contributed by atoms with Gasteiger partial charge in [0.25, 0.3) is 5.70 Å². The molecule has 1 saturated heterocycles. The van der Waals surface area contributed by atoms with Gasteiger partial charge in [-0.3, -0.25) is 29.6 Å². The molecule has 1 spiro atoms. The van der Waals surface area contributed by atoms with E-state index in [9.17, 15) is 19.7 Å². The van der Waals surface area contributed by atoms with Crippen LogP contribution in [0.25, 0.3) is 0 Å². The Labute approximate surface area is 155 Å². The van der Waals surface area contributed by atoms with Gasteiger partial charge in [0.1, 0.15) is 5.41 Å². The van der Waals surface area contributed by atoms with Gasteiger partial charge in [-0.25, -0.2) is 0 Å². The van der Waals surface area contributed by atoms with Crippen LogP contribution in [0.15, 0.2) is 72.1 Å². The third kappa shape index (κ3) is 2.63. The molecule has 1 aromatic rings. The number of amides is 2. The highest BCUT2D eigenvalue weighted by Crippen LogP contribution is 2.51. The summed E-state index contributed by atoms with van der Waals surface area (Å²) in [5, 5.41) is 11.5. The van der Waals surface area contributed by atoms with Gasteiger partial charge in [-0.1, -0.05) is 36.4 Å². The fraction of sp³-hybridized carbons (Fsp3) is 0.250. The normalized spacial score (nSPS) is 26.2. The van der Waals surface area contributed by atoms with Crippen LogP contribution >= 0.6 is 0 Å². The molecule has 3 aliphatic rings. The molecule has 2 heterocycles. The molecular formula is C20H17N3O4. The summed E-state index contributed by atoms with van der Waals surface area (Å²) in [6, 6.07) is 5.48. The first-order chi connectivity index (χ1) is 13.0. The number of nitro groups is 1. The van der Waals surface area contributed by atoms with Crippen molar-refractivity contribution in [1.82, 2.24) is 9.88 Å². The number of likely N-dealkylation sites (tertiary alicyclic amines) is 1. The molecule has 7 nitrogen and oxygen atoms in total. The van der Waals surface area contributed by atoms with Crippen LogP contribution in [0.1, 0.15) is 12.1 Å². The van der Waals surface area contributed by atoms with Gasteiger partial charge >= 0.3 is 0 Å². The first-order valence-electron chi connectivity index (χ1n) is 8.71. The zero-order chi connectivity index (χ0) is 19.0. The lowest BCUT2D eigenvalue weighted by molar-refractivity contribution is -0.436. The maximum atomic E-state index is 13.4. The molecule has 2 unspecified atom stereocenters. The molecule has 4 rings (SSSR count). The third-order valence-corrected chi connectivity index (χ3v) is 5.37. The summed E-state index contributed by atoms with van der Waals surface area (Å²) in [5.41, 5.74) is 0.178. The van der Waals surface area contributed by atoms with Crippen LogP contribution in [-0.4, -0.2) is 33.2 Å². The minimum atomic E-state index is -1.19. The van der Waals surface area contributed by atoms with Crippen molar-refractivity contribution in [2.24, 2.45) is 11.3 Å². The number of rotatable bonds is 4. The molecule has 27 heavy (non-hydrogen) atoms. The number of carbonyl (C=O) groups excluding carboxylic acids is 2. The summed E-state index contributed by atoms with van der Waals surface area (Å²) in [6.07, 6.45) is 12.0. The number of piperidine rings is 1. The van der Waals surface area contributed by atoms with Gasteiger partial charge in [0.05, 0.1) is 10.8 Å². The second-order valence-corrected chi connectivity index (χ2v) is 6.74. The second kappa shape index (κ2) is 6.42. The molecule has 0 radical (unpaired) electrons. The lowest BCUT2D eigenvalue weighted by atomic mass is 9.60. The molecule has 7 heteroatoms. The first kappa shape index (κ1) is 17.1. The van der Waals surface area contributed by atoms with E-state index in [0.29, 0.717) is 12.0 Å². The fourth-order valence-corrected chi connectivity index (χ4v) is 4.05. The Kier molecular flexibility index (Phi) is 4.07. The summed E-state index contributed by atoms with van der Waals surface area (Å²) in [6.45, 7) is 0.200. The topological polar surface area (TPSA) is 93.4 Å². The molecule has 2 atom stereocenters. The zero-order valence-electron chi connectivity index (χ0n) is 14.4. The number of nitrogens with zero attached hydrogens (tertiary/aromatic N) is 3. The van der Waals surface area contributed by atoms with Crippen LogP contribution < -0.4 is 0 Å². The smallest absolute Gasteiger partial charge is 0.251 e. The maximum Gasteiger partial charge on any atom is 0.251 e. The number of hydrogen-bond donors (Lipinski definition) is 0. The van der Waals surface area contributed by atoms with E-state index in [1.54, 1.807) is 42.6 Å². The van der Waals surface area contributed by atoms with Crippen molar-refractivity contribution in [1.29, 1.82) is 0 Å². The zero-order valence-corrected chi connectivity index (χ0v) is 14.4. The fourth-order valence-electron chi connectivity index (χ4n) is 4.05. The Balaban J connectivity index is 1.69. The van der Waals surface area contributed by atoms with Crippen LogP contribution in [0.4, 0.5) is 0 Å². The number of carbonyl (C=O) groups is 2. The van der Waals surface area contributed by atoms with E-state index in [4.69, 9.17) is 0 Å². The maximum absolute atomic E-state index is 13.4. The average molecular weight is 363 g/mol. The lowest BCUT2D eigenvalue weighted by Crippen LogP contribution is -2.58. The van der Waals surface area contributed by atoms with Gasteiger partial charge in [-0.2, -0.15) is 0 Å². The van der Waals surface area contributed by atoms with Crippen LogP contribution in [0.5, 0.6) is 0 Å². The Morgan fingerprint density at radius 3 is 2.85 bits per heavy atom. The van der Waals surface area contributed by atoms with E-state index in [2.05, 4.69) is 4.98 Å². The third-order valence-electron chi connectivity index (χ3n) is 5.37. The molecule has 2 aliphatic carbocycles. The van der Waals surface area contributed by atoms with Crippen molar-refractivity contribution in [3.05, 3.63) is 87.9 Å². The van der Waals surface area contributed by atoms with Crippen molar-refractivity contribution < 1.29 is 14.5 Å². The predicted molar refractivity (Wildman–Crippen MR) is 96.6 cm³/mol. The molecule has 2 amide bonds. The molecule has 0 aromatic carbocycles. The van der Waals surface area contributed by atoms with Crippen molar-refractivity contribution >= 4 is 11.8 Å². The molecule has 136 valence electrons. The Morgan fingerprint density at radius 1 is 1.26 bits per heavy atom. The van der Waals surface area contributed by atoms with E-state index in [0.717, 1.165) is 5.69 Å². The summed E-state index contributed by atoms with van der Waals surface area (Å²) < 4.78 is 0. The molecule has 0 saturated carbocycles. The van der Waals surface area contributed by atoms with Crippen LogP contribution in [-0.2, 0) is 16.0 Å². The van der Waals surface area contributed by atoms with Crippen molar-refractivity contribution in [3.8, 4) is 0 Å². The second-order valence-electron chi connectivity index (χ2n) is 6.74. The lowest BCUT2D eigenvalue weighted by Gasteiger charge is -2.45. The average Bonchev–Trinajstić information content (AvgIpc) is 2.68. The number of aromatic nitrogens is 1. The van der Waals surface area contributed by atoms with Gasteiger partial charge in [-0.15, -0.1) is 0 Å². The quantitative estimate of drug-likeness (QED) is 0.464. The predicted octanol–water partition coefficient (Wildman–Crippen LogP) is 2.21. The molecular weight excluding hydrogens is 346 g/mol. The van der Waals surface area contributed by atoms with Gasteiger partial charge in [0.15, 0.2) is 0 Å². The van der Waals surface area contributed by atoms with Crippen molar-refractivity contribution in [2.45, 2.75) is 12.8 Å². The van der Waals surface area contributed by atoms with E-state index in [1.807, 2.05) is 12.1 Å². The molecule has 1 fully saturated rings. The van der Waals surface area contributed by atoms with Crippen LogP contribution in [0, 0.1) is 21.4 Å². The van der Waals surface area contributed by atoms with E-state index in [1.165, 1.54) is 11.0 Å². The monoisotopic (exact) mass is 363 g/mol. The van der Waals surface area contributed by atoms with Crippen molar-refractivity contribution in [2.75, 3.05) is 6.54 Å². The van der Waals surface area contributed by atoms with Gasteiger partial charge < -0.3 is 0 Å². The summed E-state index contributed by atoms with van der Waals surface area (Å²) in [4.78, 5) is 42.6. The number of allylic oxidation sites excluding steroid dienone is 6. The van der Waals surface area contributed by atoms with Gasteiger partial charge in [-0.05, 0) is 17.7 Å². The van der Waals surface area contributed by atoms with E-state index >= 15 is 0 Å². The van der Waals surface area contributed by atoms with E-state index < -0.39 is 22.2 Å². The van der Waals surface area contributed by atoms with E-state index in [-0.39, 0.29) is 24.6 Å². The number of hydrogen-bond acceptors (Lipinski definition) is 5. The van der Waals surface area contributed by atoms with Gasteiger partial charge in [0, 0.05) is 37.4 Å². The highest BCUT2D eigenvalue weighted by molar-refractivity contribution is 6.05. The number of pyridine rings is 1. The SMILES string of the molecule is O=C1CC2C([N+](=O)[O-])=CC=C3C=CC=CC32C(=O)N1CCc1ccccn1. The summed E-state index contributed by atoms with van der Waals surface area (Å²) in [7, 11) is 0. The molecule has 0 bridgehead atoms. The summed E-state index contributed by atoms with van der Waals surface area (Å²) in [5.74, 6) is -1.58. The summed E-state index contributed by atoms with van der Waals surface area (Å²) >= 11 is 0. The Morgan fingerprint density at radius 2 is 2.11 bits per heavy atom. The molecule has 1 aromatic heterocycles. The Hall–Kier alpha value is -3.35. The molecule has 1 aliphatic heterocycles. The number of imide groups is 1.